The number of aromatic nitrogens is 1. The van der Waals surface area contributed by atoms with Crippen LogP contribution in [0.25, 0.3) is 0 Å². The Balaban J connectivity index is 2.49. The van der Waals surface area contributed by atoms with E-state index in [9.17, 15) is 5.26 Å². The summed E-state index contributed by atoms with van der Waals surface area (Å²) in [6.07, 6.45) is 5.70. The first-order valence-electron chi connectivity index (χ1n) is 6.66. The summed E-state index contributed by atoms with van der Waals surface area (Å²) >= 11 is 0. The molecule has 0 bridgehead atoms. The van der Waals surface area contributed by atoms with Crippen LogP contribution in [0.15, 0.2) is 25.0 Å². The van der Waals surface area contributed by atoms with Crippen molar-refractivity contribution in [1.82, 2.24) is 4.98 Å². The molecule has 1 saturated heterocycles. The summed E-state index contributed by atoms with van der Waals surface area (Å²) < 4.78 is 12.1. The molecule has 0 radical (unpaired) electrons. The molecule has 2 rings (SSSR count). The van der Waals surface area contributed by atoms with Crippen molar-refractivity contribution >= 4 is 12.6 Å². The number of hydrogen-bond acceptors (Lipinski definition) is 4. The average molecular weight is 270 g/mol. The van der Waals surface area contributed by atoms with Crippen molar-refractivity contribution in [3.63, 3.8) is 0 Å². The number of nitrogens with zero attached hydrogens (tertiary/aromatic N) is 2. The minimum Gasteiger partial charge on any atom is -0.399 e. The predicted octanol–water partition coefficient (Wildman–Crippen LogP) is 1.98. The smallest absolute Gasteiger partial charge is 0.399 e. The Morgan fingerprint density at radius 2 is 1.90 bits per heavy atom. The lowest BCUT2D eigenvalue weighted by molar-refractivity contribution is 0.00578. The number of pyridine rings is 1. The van der Waals surface area contributed by atoms with E-state index in [1.165, 1.54) is 0 Å². The molecule has 0 amide bonds. The van der Waals surface area contributed by atoms with Crippen LogP contribution < -0.4 is 5.46 Å². The van der Waals surface area contributed by atoms with Gasteiger partial charge in [-0.2, -0.15) is 5.26 Å². The monoisotopic (exact) mass is 270 g/mol. The van der Waals surface area contributed by atoms with Gasteiger partial charge >= 0.3 is 7.12 Å². The Kier molecular flexibility index (Phi) is 3.72. The van der Waals surface area contributed by atoms with Crippen LogP contribution in [0.1, 0.15) is 38.8 Å². The van der Waals surface area contributed by atoms with E-state index in [0.717, 1.165) is 11.0 Å². The van der Waals surface area contributed by atoms with Crippen LogP contribution in [-0.4, -0.2) is 23.3 Å². The molecule has 0 spiro atoms. The minimum atomic E-state index is -0.549. The van der Waals surface area contributed by atoms with Gasteiger partial charge in [0.15, 0.2) is 0 Å². The molecule has 1 aliphatic heterocycles. The van der Waals surface area contributed by atoms with Crippen molar-refractivity contribution in [3.05, 3.63) is 36.2 Å². The third-order valence-electron chi connectivity index (χ3n) is 4.04. The number of nitriles is 1. The molecule has 0 saturated carbocycles. The first-order valence-corrected chi connectivity index (χ1v) is 6.66. The van der Waals surface area contributed by atoms with Crippen LogP contribution in [0, 0.1) is 11.3 Å². The Morgan fingerprint density at radius 3 is 2.40 bits per heavy atom. The molecule has 1 aromatic heterocycles. The Morgan fingerprint density at radius 1 is 1.30 bits per heavy atom. The zero-order valence-corrected chi connectivity index (χ0v) is 12.4. The molecular formula is C15H19BN2O2. The fourth-order valence-electron chi connectivity index (χ4n) is 2.16. The molecule has 0 aromatic carbocycles. The molecule has 1 aliphatic rings. The zero-order chi connectivity index (χ0) is 15.0. The molecule has 0 atom stereocenters. The van der Waals surface area contributed by atoms with Crippen molar-refractivity contribution in [2.75, 3.05) is 0 Å². The van der Waals surface area contributed by atoms with Crippen LogP contribution in [0.4, 0.5) is 0 Å². The maximum Gasteiger partial charge on any atom is 0.496 e. The van der Waals surface area contributed by atoms with Crippen molar-refractivity contribution in [3.8, 4) is 6.07 Å². The highest BCUT2D eigenvalue weighted by molar-refractivity contribution is 6.63. The van der Waals surface area contributed by atoms with Crippen LogP contribution in [0.5, 0.6) is 0 Å². The van der Waals surface area contributed by atoms with Gasteiger partial charge in [-0.3, -0.25) is 4.98 Å². The van der Waals surface area contributed by atoms with Gasteiger partial charge in [0.25, 0.3) is 0 Å². The van der Waals surface area contributed by atoms with Gasteiger partial charge < -0.3 is 9.31 Å². The predicted molar refractivity (Wildman–Crippen MR) is 78.6 cm³/mol. The van der Waals surface area contributed by atoms with E-state index in [2.05, 4.69) is 17.6 Å². The molecule has 5 heteroatoms. The Hall–Kier alpha value is -1.64. The molecule has 1 fully saturated rings. The van der Waals surface area contributed by atoms with E-state index in [-0.39, 0.29) is 0 Å². The third-order valence-corrected chi connectivity index (χ3v) is 4.04. The summed E-state index contributed by atoms with van der Waals surface area (Å²) in [5, 5.41) is 9.30. The molecular weight excluding hydrogens is 251 g/mol. The van der Waals surface area contributed by atoms with Gasteiger partial charge in [-0.15, -0.1) is 6.58 Å². The van der Waals surface area contributed by atoms with E-state index < -0.39 is 18.3 Å². The van der Waals surface area contributed by atoms with E-state index in [1.807, 2.05) is 27.7 Å². The van der Waals surface area contributed by atoms with Crippen molar-refractivity contribution in [2.45, 2.75) is 45.3 Å². The Labute approximate surface area is 120 Å². The lowest BCUT2D eigenvalue weighted by atomic mass is 9.73. The van der Waals surface area contributed by atoms with E-state index in [1.54, 1.807) is 18.5 Å². The molecule has 0 N–H and O–H groups in total. The molecule has 104 valence electrons. The quantitative estimate of drug-likeness (QED) is 0.622. The van der Waals surface area contributed by atoms with Crippen molar-refractivity contribution < 1.29 is 9.31 Å². The second kappa shape index (κ2) is 5.04. The lowest BCUT2D eigenvalue weighted by Gasteiger charge is -2.32. The SMILES string of the molecule is C=CCc1cncc(C#N)c1B1OC(C)(C)C(C)(C)O1. The Bertz CT molecular complexity index is 560. The van der Waals surface area contributed by atoms with Crippen LogP contribution >= 0.6 is 0 Å². The van der Waals surface area contributed by atoms with Gasteiger partial charge in [-0.1, -0.05) is 6.08 Å². The molecule has 20 heavy (non-hydrogen) atoms. The highest BCUT2D eigenvalue weighted by Crippen LogP contribution is 2.36. The molecule has 1 aromatic rings. The molecule has 0 unspecified atom stereocenters. The second-order valence-corrected chi connectivity index (χ2v) is 5.95. The second-order valence-electron chi connectivity index (χ2n) is 5.95. The summed E-state index contributed by atoms with van der Waals surface area (Å²) in [5.74, 6) is 0. The van der Waals surface area contributed by atoms with Crippen LogP contribution in [-0.2, 0) is 15.7 Å². The van der Waals surface area contributed by atoms with Crippen molar-refractivity contribution in [2.24, 2.45) is 0 Å². The highest BCUT2D eigenvalue weighted by Gasteiger charge is 2.52. The maximum absolute atomic E-state index is 9.30. The van der Waals surface area contributed by atoms with Crippen molar-refractivity contribution in [1.29, 1.82) is 5.26 Å². The first kappa shape index (κ1) is 14.8. The summed E-state index contributed by atoms with van der Waals surface area (Å²) in [6, 6.07) is 2.17. The molecule has 2 heterocycles. The fraction of sp³-hybridized carbons (Fsp3) is 0.467. The summed E-state index contributed by atoms with van der Waals surface area (Å²) in [4.78, 5) is 4.10. The van der Waals surface area contributed by atoms with Crippen LogP contribution in [0.2, 0.25) is 0 Å². The number of hydrogen-bond donors (Lipinski definition) is 0. The highest BCUT2D eigenvalue weighted by atomic mass is 16.7. The zero-order valence-electron chi connectivity index (χ0n) is 12.4. The van der Waals surface area contributed by atoms with E-state index >= 15 is 0 Å². The summed E-state index contributed by atoms with van der Waals surface area (Å²) in [6.45, 7) is 11.7. The van der Waals surface area contributed by atoms with E-state index in [0.29, 0.717) is 12.0 Å². The normalized spacial score (nSPS) is 19.6. The van der Waals surface area contributed by atoms with E-state index in [4.69, 9.17) is 9.31 Å². The van der Waals surface area contributed by atoms with Gasteiger partial charge in [0.2, 0.25) is 0 Å². The number of allylic oxidation sites excluding steroid dienone is 1. The van der Waals surface area contributed by atoms with Gasteiger partial charge in [-0.05, 0) is 39.7 Å². The lowest BCUT2D eigenvalue weighted by Crippen LogP contribution is -2.41. The standard InChI is InChI=1S/C15H19BN2O2/c1-6-7-11-9-18-10-12(8-17)13(11)16-19-14(2,3)15(4,5)20-16/h6,9-10H,1,7H2,2-5H3. The molecule has 0 aliphatic carbocycles. The van der Waals surface area contributed by atoms with Gasteiger partial charge in [0.1, 0.15) is 6.07 Å². The summed E-state index contributed by atoms with van der Waals surface area (Å²) in [5.41, 5.74) is 1.31. The van der Waals surface area contributed by atoms with Crippen LogP contribution in [0.3, 0.4) is 0 Å². The minimum absolute atomic E-state index is 0.431. The number of rotatable bonds is 3. The third kappa shape index (κ3) is 2.37. The molecule has 4 nitrogen and oxygen atoms in total. The van der Waals surface area contributed by atoms with Gasteiger partial charge in [-0.25, -0.2) is 0 Å². The average Bonchev–Trinajstić information content (AvgIpc) is 2.58. The largest absolute Gasteiger partial charge is 0.496 e. The van der Waals surface area contributed by atoms with Gasteiger partial charge in [0, 0.05) is 17.9 Å². The topological polar surface area (TPSA) is 55.1 Å². The van der Waals surface area contributed by atoms with Gasteiger partial charge in [0.05, 0.1) is 16.8 Å². The summed E-state index contributed by atoms with van der Waals surface area (Å²) in [7, 11) is -0.549. The fourth-order valence-corrected chi connectivity index (χ4v) is 2.16. The first-order chi connectivity index (χ1) is 9.32. The maximum atomic E-state index is 9.30.